The van der Waals surface area contributed by atoms with Gasteiger partial charge in [0.1, 0.15) is 0 Å². The Balaban J connectivity index is 1.21. The molecule has 5 rings (SSSR count). The molecule has 164 valence electrons. The number of aromatic nitrogens is 5. The van der Waals surface area contributed by atoms with Gasteiger partial charge in [0.05, 0.1) is 6.42 Å². The molecular formula is C24H26N6O2. The molecule has 8 nitrogen and oxygen atoms in total. The summed E-state index contributed by atoms with van der Waals surface area (Å²) in [6, 6.07) is 13.2. The van der Waals surface area contributed by atoms with Crippen LogP contribution < -0.4 is 5.56 Å². The van der Waals surface area contributed by atoms with Crippen molar-refractivity contribution in [2.24, 2.45) is 13.0 Å². The zero-order chi connectivity index (χ0) is 22.1. The van der Waals surface area contributed by atoms with Crippen molar-refractivity contribution in [2.45, 2.75) is 25.8 Å². The van der Waals surface area contributed by atoms with Crippen LogP contribution in [0.25, 0.3) is 16.7 Å². The first kappa shape index (κ1) is 20.2. The first-order valence-electron chi connectivity index (χ1n) is 11.0. The van der Waals surface area contributed by atoms with Gasteiger partial charge in [0, 0.05) is 62.2 Å². The van der Waals surface area contributed by atoms with Gasteiger partial charge in [-0.3, -0.25) is 9.59 Å². The molecule has 0 atom stereocenters. The van der Waals surface area contributed by atoms with Crippen LogP contribution in [0.5, 0.6) is 0 Å². The average Bonchev–Trinajstić information content (AvgIpc) is 3.45. The van der Waals surface area contributed by atoms with Crippen molar-refractivity contribution in [3.8, 4) is 5.82 Å². The van der Waals surface area contributed by atoms with Crippen molar-refractivity contribution in [1.29, 1.82) is 0 Å². The molecule has 0 saturated carbocycles. The highest BCUT2D eigenvalue weighted by atomic mass is 16.2. The van der Waals surface area contributed by atoms with Crippen LogP contribution in [-0.2, 0) is 24.8 Å². The van der Waals surface area contributed by atoms with Crippen LogP contribution in [0.3, 0.4) is 0 Å². The van der Waals surface area contributed by atoms with E-state index in [1.54, 1.807) is 23.1 Å². The largest absolute Gasteiger partial charge is 0.350 e. The van der Waals surface area contributed by atoms with E-state index in [0.717, 1.165) is 29.3 Å². The first-order chi connectivity index (χ1) is 15.6. The number of aryl methyl sites for hydroxylation is 1. The lowest BCUT2D eigenvalue weighted by Gasteiger charge is -2.32. The lowest BCUT2D eigenvalue weighted by atomic mass is 9.96. The first-order valence-corrected chi connectivity index (χ1v) is 11.0. The summed E-state index contributed by atoms with van der Waals surface area (Å²) < 4.78 is 5.24. The number of para-hydroxylation sites is 1. The second-order valence-corrected chi connectivity index (χ2v) is 8.45. The quantitative estimate of drug-likeness (QED) is 0.487. The zero-order valence-electron chi connectivity index (χ0n) is 18.1. The molecule has 0 N–H and O–H groups in total. The minimum atomic E-state index is -0.115. The summed E-state index contributed by atoms with van der Waals surface area (Å²) in [5, 5.41) is 9.79. The summed E-state index contributed by atoms with van der Waals surface area (Å²) in [4.78, 5) is 27.2. The maximum absolute atomic E-state index is 13.0. The molecule has 32 heavy (non-hydrogen) atoms. The van der Waals surface area contributed by atoms with Crippen LogP contribution in [-0.4, -0.2) is 48.0 Å². The van der Waals surface area contributed by atoms with Gasteiger partial charge in [-0.05, 0) is 42.5 Å². The molecule has 0 radical (unpaired) electrons. The van der Waals surface area contributed by atoms with E-state index in [1.807, 2.05) is 30.1 Å². The van der Waals surface area contributed by atoms with Gasteiger partial charge in [0.15, 0.2) is 5.82 Å². The number of rotatable bonds is 5. The van der Waals surface area contributed by atoms with Gasteiger partial charge < -0.3 is 9.47 Å². The van der Waals surface area contributed by atoms with Gasteiger partial charge in [0.25, 0.3) is 5.56 Å². The third-order valence-electron chi connectivity index (χ3n) is 6.31. The maximum Gasteiger partial charge on any atom is 0.266 e. The predicted octanol–water partition coefficient (Wildman–Crippen LogP) is 2.40. The number of fused-ring (bicyclic) bond motifs is 1. The van der Waals surface area contributed by atoms with Crippen molar-refractivity contribution >= 4 is 16.8 Å². The number of nitrogens with zero attached hydrogens (tertiary/aromatic N) is 6. The standard InChI is InChI=1S/C24H26N6O2/c1-27-17-19(20-5-2-3-6-21(20)27)15-24(32)28-13-9-18(10-14-28)16-30-23(31)8-7-22(26-30)29-12-4-11-25-29/h2-8,11-12,17-18H,9-10,13-16H2,1H3. The molecule has 1 saturated heterocycles. The Labute approximate surface area is 185 Å². The van der Waals surface area contributed by atoms with Crippen LogP contribution in [0.4, 0.5) is 0 Å². The number of carbonyl (C=O) groups excluding carboxylic acids is 1. The number of amides is 1. The molecule has 4 heterocycles. The van der Waals surface area contributed by atoms with E-state index < -0.39 is 0 Å². The highest BCUT2D eigenvalue weighted by Gasteiger charge is 2.24. The summed E-state index contributed by atoms with van der Waals surface area (Å²) in [5.41, 5.74) is 2.10. The van der Waals surface area contributed by atoms with Crippen molar-refractivity contribution in [2.75, 3.05) is 13.1 Å². The maximum atomic E-state index is 13.0. The summed E-state index contributed by atoms with van der Waals surface area (Å²) in [6.45, 7) is 1.98. The summed E-state index contributed by atoms with van der Waals surface area (Å²) >= 11 is 0. The Morgan fingerprint density at radius 3 is 2.69 bits per heavy atom. The molecule has 4 aromatic rings. The van der Waals surface area contributed by atoms with E-state index in [2.05, 4.69) is 33.1 Å². The van der Waals surface area contributed by atoms with Crippen LogP contribution in [0.15, 0.2) is 65.8 Å². The molecule has 8 heteroatoms. The summed E-state index contributed by atoms with van der Waals surface area (Å²) in [6.07, 6.45) is 7.68. The lowest BCUT2D eigenvalue weighted by Crippen LogP contribution is -2.41. The number of hydrogen-bond acceptors (Lipinski definition) is 4. The van der Waals surface area contributed by atoms with Crippen LogP contribution in [0.2, 0.25) is 0 Å². The lowest BCUT2D eigenvalue weighted by molar-refractivity contribution is -0.131. The average molecular weight is 431 g/mol. The Morgan fingerprint density at radius 2 is 1.91 bits per heavy atom. The number of carbonyl (C=O) groups is 1. The van der Waals surface area contributed by atoms with Gasteiger partial charge in [-0.15, -0.1) is 5.10 Å². The van der Waals surface area contributed by atoms with E-state index in [0.29, 0.717) is 37.8 Å². The van der Waals surface area contributed by atoms with E-state index >= 15 is 0 Å². The third-order valence-corrected chi connectivity index (χ3v) is 6.31. The Bertz CT molecular complexity index is 1300. The molecule has 0 spiro atoms. The van der Waals surface area contributed by atoms with Gasteiger partial charge >= 0.3 is 0 Å². The normalized spacial score (nSPS) is 14.8. The molecule has 3 aromatic heterocycles. The van der Waals surface area contributed by atoms with Crippen LogP contribution in [0.1, 0.15) is 18.4 Å². The van der Waals surface area contributed by atoms with Crippen molar-refractivity contribution in [3.05, 3.63) is 77.0 Å². The van der Waals surface area contributed by atoms with Crippen molar-refractivity contribution < 1.29 is 4.79 Å². The second-order valence-electron chi connectivity index (χ2n) is 8.45. The highest BCUT2D eigenvalue weighted by Crippen LogP contribution is 2.23. The fourth-order valence-corrected chi connectivity index (χ4v) is 4.55. The Hall–Kier alpha value is -3.68. The van der Waals surface area contributed by atoms with E-state index in [1.165, 1.54) is 10.7 Å². The van der Waals surface area contributed by atoms with Crippen molar-refractivity contribution in [1.82, 2.24) is 29.0 Å². The summed E-state index contributed by atoms with van der Waals surface area (Å²) in [7, 11) is 2.01. The fraction of sp³-hybridized carbons (Fsp3) is 0.333. The molecule has 1 fully saturated rings. The molecule has 1 aliphatic heterocycles. The molecule has 0 aliphatic carbocycles. The van der Waals surface area contributed by atoms with E-state index in [-0.39, 0.29) is 11.5 Å². The summed E-state index contributed by atoms with van der Waals surface area (Å²) in [5.74, 6) is 1.10. The zero-order valence-corrected chi connectivity index (χ0v) is 18.1. The number of hydrogen-bond donors (Lipinski definition) is 0. The van der Waals surface area contributed by atoms with Gasteiger partial charge in [-0.2, -0.15) is 5.10 Å². The third kappa shape index (κ3) is 3.95. The smallest absolute Gasteiger partial charge is 0.266 e. The Morgan fingerprint density at radius 1 is 1.09 bits per heavy atom. The molecule has 1 aliphatic rings. The van der Waals surface area contributed by atoms with E-state index in [4.69, 9.17) is 0 Å². The molecular weight excluding hydrogens is 404 g/mol. The van der Waals surface area contributed by atoms with Gasteiger partial charge in [-0.25, -0.2) is 9.36 Å². The number of piperidine rings is 1. The second kappa shape index (κ2) is 8.45. The van der Waals surface area contributed by atoms with Gasteiger partial charge in [0.2, 0.25) is 5.91 Å². The SMILES string of the molecule is Cn1cc(CC(=O)N2CCC(Cn3nc(-n4cccn4)ccc3=O)CC2)c2ccccc21. The van der Waals surface area contributed by atoms with Crippen LogP contribution >= 0.6 is 0 Å². The fourth-order valence-electron chi connectivity index (χ4n) is 4.55. The monoisotopic (exact) mass is 430 g/mol. The highest BCUT2D eigenvalue weighted by molar-refractivity contribution is 5.89. The van der Waals surface area contributed by atoms with Crippen molar-refractivity contribution in [3.63, 3.8) is 0 Å². The molecule has 1 amide bonds. The topological polar surface area (TPSA) is 78.0 Å². The number of likely N-dealkylation sites (tertiary alicyclic amines) is 1. The predicted molar refractivity (Wildman–Crippen MR) is 122 cm³/mol. The minimum absolute atomic E-state index is 0.115. The van der Waals surface area contributed by atoms with Gasteiger partial charge in [-0.1, -0.05) is 18.2 Å². The minimum Gasteiger partial charge on any atom is -0.350 e. The molecule has 0 bridgehead atoms. The van der Waals surface area contributed by atoms with Crippen LogP contribution in [0, 0.1) is 5.92 Å². The Kier molecular flexibility index (Phi) is 5.34. The number of benzene rings is 1. The molecule has 0 unspecified atom stereocenters. The van der Waals surface area contributed by atoms with E-state index in [9.17, 15) is 9.59 Å². The molecule has 1 aromatic carbocycles.